The minimum atomic E-state index is -0.266. The van der Waals surface area contributed by atoms with Gasteiger partial charge in [-0.25, -0.2) is 0 Å². The summed E-state index contributed by atoms with van der Waals surface area (Å²) in [6.07, 6.45) is 0.814. The molecule has 0 aliphatic carbocycles. The van der Waals surface area contributed by atoms with Gasteiger partial charge in [0, 0.05) is 88.9 Å². The molecule has 3 aliphatic heterocycles. The first kappa shape index (κ1) is 40.0. The lowest BCUT2D eigenvalue weighted by Crippen LogP contribution is -2.44. The Labute approximate surface area is 346 Å². The first-order valence-electron chi connectivity index (χ1n) is 20.1. The van der Waals surface area contributed by atoms with Crippen molar-refractivity contribution in [2.45, 2.75) is 6.42 Å². The van der Waals surface area contributed by atoms with E-state index in [2.05, 4.69) is 10.6 Å². The van der Waals surface area contributed by atoms with E-state index in [1.807, 2.05) is 79.7 Å². The zero-order valence-electron chi connectivity index (χ0n) is 33.5. The molecule has 6 aromatic carbocycles. The molecule has 0 saturated carbocycles. The van der Waals surface area contributed by atoms with E-state index in [0.29, 0.717) is 96.8 Å². The summed E-state index contributed by atoms with van der Waals surface area (Å²) in [6.45, 7) is 3.99. The van der Waals surface area contributed by atoms with Crippen LogP contribution in [0.5, 0.6) is 0 Å². The van der Waals surface area contributed by atoms with Crippen LogP contribution in [0.25, 0.3) is 32.3 Å². The van der Waals surface area contributed by atoms with Gasteiger partial charge in [0.05, 0.1) is 5.56 Å². The maximum absolute atomic E-state index is 13.0. The number of anilines is 1. The Balaban J connectivity index is 0.000000200. The van der Waals surface area contributed by atoms with Gasteiger partial charge in [-0.2, -0.15) is 0 Å². The maximum atomic E-state index is 13.0. The summed E-state index contributed by atoms with van der Waals surface area (Å²) in [4.78, 5) is 82.9. The van der Waals surface area contributed by atoms with Gasteiger partial charge in [0.2, 0.25) is 0 Å². The van der Waals surface area contributed by atoms with Crippen LogP contribution in [0.15, 0.2) is 103 Å². The largest absolute Gasteiger partial charge is 0.399 e. The molecule has 3 aliphatic rings. The summed E-state index contributed by atoms with van der Waals surface area (Å²) in [5.74, 6) is -1.52. The van der Waals surface area contributed by atoms with Gasteiger partial charge < -0.3 is 21.3 Å². The van der Waals surface area contributed by atoms with Gasteiger partial charge in [-0.05, 0) is 92.2 Å². The van der Waals surface area contributed by atoms with Gasteiger partial charge in [-0.15, -0.1) is 0 Å². The standard InChI is InChI=1S/C31H28N4O4.C16H17N3O2/c36-28-22-10-1-6-20-7-2-11-23(26(20)22)29(37)34(28)18-16-32-14-5-15-33-17-19-35-30(38)24-12-3-8-21-9-4-13-25(27(21)24)31(35)39;1-18(2)6-7-19-15(20)12-5-3-4-10-8-11(17)9-13(14(10)12)16(19)21/h1-4,6-13,32-33H,5,14-19H2;3-5,8-9H,6-7,17H2,1-2H3. The number of nitrogens with zero attached hydrogens (tertiary/aromatic N) is 4. The van der Waals surface area contributed by atoms with E-state index in [0.717, 1.165) is 33.4 Å². The molecule has 0 fully saturated rings. The van der Waals surface area contributed by atoms with Crippen LogP contribution in [0.1, 0.15) is 68.6 Å². The number of imide groups is 3. The van der Waals surface area contributed by atoms with Crippen LogP contribution in [0.2, 0.25) is 0 Å². The number of nitrogens with two attached hydrogens (primary N) is 1. The van der Waals surface area contributed by atoms with E-state index in [-0.39, 0.29) is 35.4 Å². The molecule has 0 saturated heterocycles. The van der Waals surface area contributed by atoms with Crippen molar-refractivity contribution in [3.63, 3.8) is 0 Å². The summed E-state index contributed by atoms with van der Waals surface area (Å²) >= 11 is 0. The first-order chi connectivity index (χ1) is 29.0. The fourth-order valence-corrected chi connectivity index (χ4v) is 8.22. The van der Waals surface area contributed by atoms with Crippen LogP contribution in [0.4, 0.5) is 5.69 Å². The summed E-state index contributed by atoms with van der Waals surface area (Å²) < 4.78 is 0. The average Bonchev–Trinajstić information content (AvgIpc) is 3.25. The number of rotatable bonds is 13. The van der Waals surface area contributed by atoms with Gasteiger partial charge >= 0.3 is 0 Å². The Bertz CT molecular complexity index is 2520. The molecular weight excluding hydrogens is 759 g/mol. The summed E-state index contributed by atoms with van der Waals surface area (Å²) in [5.41, 5.74) is 9.76. The molecular formula is C47H45N7O6. The van der Waals surface area contributed by atoms with Crippen LogP contribution in [-0.4, -0.2) is 121 Å². The monoisotopic (exact) mass is 803 g/mol. The smallest absolute Gasteiger partial charge is 0.261 e. The van der Waals surface area contributed by atoms with Gasteiger partial charge in [-0.3, -0.25) is 43.5 Å². The molecule has 304 valence electrons. The second-order valence-corrected chi connectivity index (χ2v) is 15.3. The van der Waals surface area contributed by atoms with Crippen molar-refractivity contribution in [1.29, 1.82) is 0 Å². The highest BCUT2D eigenvalue weighted by Crippen LogP contribution is 2.33. The molecule has 13 nitrogen and oxygen atoms in total. The van der Waals surface area contributed by atoms with Crippen molar-refractivity contribution < 1.29 is 28.8 Å². The molecule has 13 heteroatoms. The zero-order chi connectivity index (χ0) is 42.1. The molecule has 0 aromatic heterocycles. The van der Waals surface area contributed by atoms with Crippen molar-refractivity contribution >= 4 is 73.4 Å². The minimum absolute atomic E-state index is 0.232. The number of nitrogens with one attached hydrogen (secondary N) is 2. The van der Waals surface area contributed by atoms with Gasteiger partial charge in [-0.1, -0.05) is 60.7 Å². The third-order valence-electron chi connectivity index (χ3n) is 11.2. The molecule has 9 rings (SSSR count). The number of carbonyl (C=O) groups excluding carboxylic acids is 6. The molecule has 0 bridgehead atoms. The van der Waals surface area contributed by atoms with Crippen molar-refractivity contribution in [3.05, 3.63) is 137 Å². The number of amides is 6. The number of carbonyl (C=O) groups is 6. The Morgan fingerprint density at radius 2 is 0.800 bits per heavy atom. The number of likely N-dealkylation sites (N-methyl/N-ethyl adjacent to an activating group) is 1. The van der Waals surface area contributed by atoms with E-state index < -0.39 is 0 Å². The molecule has 0 atom stereocenters. The normalized spacial score (nSPS) is 14.6. The molecule has 6 amide bonds. The van der Waals surface area contributed by atoms with E-state index in [9.17, 15) is 28.8 Å². The highest BCUT2D eigenvalue weighted by molar-refractivity contribution is 6.27. The van der Waals surface area contributed by atoms with Crippen molar-refractivity contribution in [3.8, 4) is 0 Å². The third kappa shape index (κ3) is 7.38. The topological polar surface area (TPSA) is 165 Å². The number of hydrogen-bond acceptors (Lipinski definition) is 10. The Morgan fingerprint density at radius 1 is 0.450 bits per heavy atom. The Morgan fingerprint density at radius 3 is 1.20 bits per heavy atom. The molecule has 0 spiro atoms. The highest BCUT2D eigenvalue weighted by atomic mass is 16.2. The second kappa shape index (κ2) is 16.8. The zero-order valence-corrected chi connectivity index (χ0v) is 33.5. The fraction of sp³-hybridized carbons (Fsp3) is 0.234. The lowest BCUT2D eigenvalue weighted by molar-refractivity contribution is 0.0588. The fourth-order valence-electron chi connectivity index (χ4n) is 8.22. The van der Waals surface area contributed by atoms with Crippen LogP contribution < -0.4 is 16.4 Å². The third-order valence-corrected chi connectivity index (χ3v) is 11.2. The Kier molecular flexibility index (Phi) is 11.2. The van der Waals surface area contributed by atoms with Crippen molar-refractivity contribution in [2.24, 2.45) is 0 Å². The van der Waals surface area contributed by atoms with Crippen LogP contribution in [0, 0.1) is 0 Å². The van der Waals surface area contributed by atoms with Crippen LogP contribution >= 0.6 is 0 Å². The first-order valence-corrected chi connectivity index (χ1v) is 20.1. The van der Waals surface area contributed by atoms with Gasteiger partial charge in [0.25, 0.3) is 35.4 Å². The van der Waals surface area contributed by atoms with Crippen molar-refractivity contribution in [1.82, 2.24) is 30.2 Å². The number of benzene rings is 6. The van der Waals surface area contributed by atoms with E-state index >= 15 is 0 Å². The van der Waals surface area contributed by atoms with E-state index in [1.54, 1.807) is 42.5 Å². The van der Waals surface area contributed by atoms with Crippen molar-refractivity contribution in [2.75, 3.05) is 72.2 Å². The predicted molar refractivity (Wildman–Crippen MR) is 231 cm³/mol. The summed E-state index contributed by atoms with van der Waals surface area (Å²) in [5, 5.41) is 11.4. The average molecular weight is 804 g/mol. The number of hydrogen-bond donors (Lipinski definition) is 3. The van der Waals surface area contributed by atoms with Gasteiger partial charge in [0.1, 0.15) is 0 Å². The molecule has 4 N–H and O–H groups in total. The van der Waals surface area contributed by atoms with E-state index in [1.165, 1.54) is 14.7 Å². The molecule has 60 heavy (non-hydrogen) atoms. The van der Waals surface area contributed by atoms with E-state index in [4.69, 9.17) is 5.73 Å². The summed E-state index contributed by atoms with van der Waals surface area (Å²) in [6, 6.07) is 31.0. The maximum Gasteiger partial charge on any atom is 0.261 e. The molecule has 0 unspecified atom stereocenters. The number of nitrogen functional groups attached to an aromatic ring is 1. The SMILES string of the molecule is CN(C)CCN1C(=O)c2cccc3cc(N)cc(c23)C1=O.O=C1c2cccc3cccc(c23)C(=O)N1CCNCCCNCCN1C(=O)c2cccc3cccc(c23)C1=O. The highest BCUT2D eigenvalue weighted by Gasteiger charge is 2.35. The summed E-state index contributed by atoms with van der Waals surface area (Å²) in [7, 11) is 3.82. The minimum Gasteiger partial charge on any atom is -0.399 e. The Hall–Kier alpha value is -6.80. The predicted octanol–water partition coefficient (Wildman–Crippen LogP) is 5.03. The lowest BCUT2D eigenvalue weighted by Gasteiger charge is -2.28. The molecule has 0 radical (unpaired) electrons. The second-order valence-electron chi connectivity index (χ2n) is 15.3. The van der Waals surface area contributed by atoms with Crippen LogP contribution in [-0.2, 0) is 0 Å². The lowest BCUT2D eigenvalue weighted by atomic mass is 9.93. The molecule has 3 heterocycles. The quantitative estimate of drug-likeness (QED) is 0.0819. The molecule has 6 aromatic rings. The van der Waals surface area contributed by atoms with Crippen LogP contribution in [0.3, 0.4) is 0 Å². The van der Waals surface area contributed by atoms with Gasteiger partial charge in [0.15, 0.2) is 0 Å².